The first kappa shape index (κ1) is 15.6. The second-order valence-electron chi connectivity index (χ2n) is 6.08. The fraction of sp³-hybridized carbons (Fsp3) is 0.368. The maximum Gasteiger partial charge on any atom is 0.118 e. The van der Waals surface area contributed by atoms with Crippen molar-refractivity contribution in [2.75, 3.05) is 7.11 Å². The molecule has 2 aromatic rings. The molecule has 0 amide bonds. The molecule has 0 saturated carbocycles. The van der Waals surface area contributed by atoms with E-state index in [2.05, 4.69) is 26.0 Å². The molecular formula is C19H24O2. The van der Waals surface area contributed by atoms with Crippen molar-refractivity contribution in [2.24, 2.45) is 0 Å². The van der Waals surface area contributed by atoms with Gasteiger partial charge in [-0.05, 0) is 41.7 Å². The second kappa shape index (κ2) is 6.31. The molecule has 0 radical (unpaired) electrons. The van der Waals surface area contributed by atoms with Gasteiger partial charge in [0.2, 0.25) is 0 Å². The van der Waals surface area contributed by atoms with Gasteiger partial charge in [-0.2, -0.15) is 0 Å². The molecule has 0 bridgehead atoms. The molecule has 1 atom stereocenters. The summed E-state index contributed by atoms with van der Waals surface area (Å²) >= 11 is 0. The van der Waals surface area contributed by atoms with Crippen molar-refractivity contribution in [3.05, 3.63) is 65.2 Å². The third kappa shape index (κ3) is 3.85. The summed E-state index contributed by atoms with van der Waals surface area (Å²) in [6.45, 7) is 6.20. The van der Waals surface area contributed by atoms with Crippen LogP contribution in [0.3, 0.4) is 0 Å². The highest BCUT2D eigenvalue weighted by Gasteiger charge is 2.23. The van der Waals surface area contributed by atoms with Crippen LogP contribution in [0.4, 0.5) is 0 Å². The summed E-state index contributed by atoms with van der Waals surface area (Å²) in [6, 6.07) is 16.1. The molecular weight excluding hydrogens is 260 g/mol. The van der Waals surface area contributed by atoms with Crippen molar-refractivity contribution in [2.45, 2.75) is 38.7 Å². The maximum absolute atomic E-state index is 10.8. The van der Waals surface area contributed by atoms with Crippen LogP contribution in [0, 0.1) is 0 Å². The predicted octanol–water partition coefficient (Wildman–Crippen LogP) is 4.27. The quantitative estimate of drug-likeness (QED) is 0.888. The minimum absolute atomic E-state index is 0.505. The third-order valence-corrected chi connectivity index (χ3v) is 3.91. The Morgan fingerprint density at radius 1 is 1.00 bits per heavy atom. The van der Waals surface area contributed by atoms with E-state index in [1.165, 1.54) is 5.56 Å². The highest BCUT2D eigenvalue weighted by Crippen LogP contribution is 2.27. The van der Waals surface area contributed by atoms with E-state index in [1.807, 2.05) is 43.3 Å². The number of rotatable bonds is 5. The topological polar surface area (TPSA) is 29.5 Å². The summed E-state index contributed by atoms with van der Waals surface area (Å²) in [5.41, 5.74) is 2.46. The van der Waals surface area contributed by atoms with Gasteiger partial charge >= 0.3 is 0 Å². The van der Waals surface area contributed by atoms with Crippen molar-refractivity contribution >= 4 is 0 Å². The van der Waals surface area contributed by atoms with Crippen LogP contribution < -0.4 is 4.74 Å². The van der Waals surface area contributed by atoms with Gasteiger partial charge in [0.15, 0.2) is 0 Å². The minimum atomic E-state index is -0.871. The monoisotopic (exact) mass is 284 g/mol. The molecule has 2 heteroatoms. The number of benzene rings is 2. The smallest absolute Gasteiger partial charge is 0.118 e. The van der Waals surface area contributed by atoms with Gasteiger partial charge in [-0.3, -0.25) is 0 Å². The summed E-state index contributed by atoms with van der Waals surface area (Å²) in [4.78, 5) is 0. The highest BCUT2D eigenvalue weighted by molar-refractivity contribution is 5.32. The molecule has 2 nitrogen and oxygen atoms in total. The van der Waals surface area contributed by atoms with Crippen molar-refractivity contribution in [3.63, 3.8) is 0 Å². The molecule has 0 heterocycles. The Labute approximate surface area is 127 Å². The number of hydrogen-bond donors (Lipinski definition) is 1. The lowest BCUT2D eigenvalue weighted by atomic mass is 9.88. The molecule has 21 heavy (non-hydrogen) atoms. The van der Waals surface area contributed by atoms with Crippen LogP contribution in [-0.4, -0.2) is 12.2 Å². The Morgan fingerprint density at radius 2 is 1.57 bits per heavy atom. The van der Waals surface area contributed by atoms with Crippen LogP contribution >= 0.6 is 0 Å². The summed E-state index contributed by atoms with van der Waals surface area (Å²) in [5.74, 6) is 1.34. The molecule has 0 aromatic heterocycles. The standard InChI is InChI=1S/C19H24O2/c1-14(2)16-7-9-17(10-8-16)19(3,20)13-15-5-11-18(21-4)12-6-15/h5-12,14,20H,13H2,1-4H3. The van der Waals surface area contributed by atoms with E-state index in [9.17, 15) is 5.11 Å². The number of aliphatic hydroxyl groups is 1. The predicted molar refractivity (Wildman–Crippen MR) is 86.8 cm³/mol. The van der Waals surface area contributed by atoms with E-state index >= 15 is 0 Å². The first-order valence-electron chi connectivity index (χ1n) is 7.38. The number of hydrogen-bond acceptors (Lipinski definition) is 2. The molecule has 112 valence electrons. The Balaban J connectivity index is 2.16. The summed E-state index contributed by atoms with van der Waals surface area (Å²) in [6.07, 6.45) is 0.581. The van der Waals surface area contributed by atoms with Gasteiger partial charge in [-0.1, -0.05) is 50.2 Å². The second-order valence-corrected chi connectivity index (χ2v) is 6.08. The summed E-state index contributed by atoms with van der Waals surface area (Å²) in [7, 11) is 1.65. The molecule has 2 aromatic carbocycles. The largest absolute Gasteiger partial charge is 0.497 e. The van der Waals surface area contributed by atoms with Crippen molar-refractivity contribution in [1.29, 1.82) is 0 Å². The third-order valence-electron chi connectivity index (χ3n) is 3.91. The fourth-order valence-corrected chi connectivity index (χ4v) is 2.47. The van der Waals surface area contributed by atoms with Crippen molar-refractivity contribution < 1.29 is 9.84 Å². The van der Waals surface area contributed by atoms with E-state index in [0.717, 1.165) is 16.9 Å². The Bertz CT molecular complexity index is 566. The zero-order valence-corrected chi connectivity index (χ0v) is 13.3. The van der Waals surface area contributed by atoms with Gasteiger partial charge < -0.3 is 9.84 Å². The highest BCUT2D eigenvalue weighted by atomic mass is 16.5. The van der Waals surface area contributed by atoms with Gasteiger partial charge in [0.25, 0.3) is 0 Å². The zero-order chi connectivity index (χ0) is 15.5. The van der Waals surface area contributed by atoms with E-state index in [1.54, 1.807) is 7.11 Å². The van der Waals surface area contributed by atoms with Crippen LogP contribution in [0.5, 0.6) is 5.75 Å². The Hall–Kier alpha value is -1.80. The van der Waals surface area contributed by atoms with E-state index < -0.39 is 5.60 Å². The van der Waals surface area contributed by atoms with Crippen LogP contribution in [0.1, 0.15) is 43.4 Å². The molecule has 1 unspecified atom stereocenters. The average Bonchev–Trinajstić information content (AvgIpc) is 2.48. The molecule has 0 spiro atoms. The van der Waals surface area contributed by atoms with E-state index in [-0.39, 0.29) is 0 Å². The van der Waals surface area contributed by atoms with Gasteiger partial charge in [-0.25, -0.2) is 0 Å². The SMILES string of the molecule is COc1ccc(CC(C)(O)c2ccc(C(C)C)cc2)cc1. The molecule has 0 aliphatic carbocycles. The number of methoxy groups -OCH3 is 1. The Kier molecular flexibility index (Phi) is 4.69. The maximum atomic E-state index is 10.8. The normalized spacial score (nSPS) is 14.0. The molecule has 0 fully saturated rings. The van der Waals surface area contributed by atoms with E-state index in [0.29, 0.717) is 12.3 Å². The molecule has 1 N–H and O–H groups in total. The van der Waals surface area contributed by atoms with Crippen LogP contribution in [-0.2, 0) is 12.0 Å². The van der Waals surface area contributed by atoms with Crippen LogP contribution in [0.2, 0.25) is 0 Å². The Morgan fingerprint density at radius 3 is 2.05 bits per heavy atom. The van der Waals surface area contributed by atoms with E-state index in [4.69, 9.17) is 4.74 Å². The van der Waals surface area contributed by atoms with Crippen LogP contribution in [0.25, 0.3) is 0 Å². The van der Waals surface area contributed by atoms with Gasteiger partial charge in [-0.15, -0.1) is 0 Å². The lowest BCUT2D eigenvalue weighted by Gasteiger charge is -2.24. The fourth-order valence-electron chi connectivity index (χ4n) is 2.47. The number of ether oxygens (including phenoxy) is 1. The first-order valence-corrected chi connectivity index (χ1v) is 7.38. The minimum Gasteiger partial charge on any atom is -0.497 e. The lowest BCUT2D eigenvalue weighted by molar-refractivity contribution is 0.0576. The molecule has 0 saturated heterocycles. The lowest BCUT2D eigenvalue weighted by Crippen LogP contribution is -2.24. The van der Waals surface area contributed by atoms with Gasteiger partial charge in [0.1, 0.15) is 5.75 Å². The molecule has 2 rings (SSSR count). The molecule has 0 aliphatic heterocycles. The first-order chi connectivity index (χ1) is 9.92. The molecule has 0 aliphatic rings. The summed E-state index contributed by atoms with van der Waals surface area (Å²) in [5, 5.41) is 10.8. The van der Waals surface area contributed by atoms with Gasteiger partial charge in [0, 0.05) is 6.42 Å². The van der Waals surface area contributed by atoms with Crippen LogP contribution in [0.15, 0.2) is 48.5 Å². The van der Waals surface area contributed by atoms with Gasteiger partial charge in [0.05, 0.1) is 12.7 Å². The summed E-state index contributed by atoms with van der Waals surface area (Å²) < 4.78 is 5.16. The van der Waals surface area contributed by atoms with Crippen molar-refractivity contribution in [1.82, 2.24) is 0 Å². The van der Waals surface area contributed by atoms with Crippen molar-refractivity contribution in [3.8, 4) is 5.75 Å². The zero-order valence-electron chi connectivity index (χ0n) is 13.3. The average molecular weight is 284 g/mol.